The van der Waals surface area contributed by atoms with Crippen LogP contribution in [0, 0.1) is 6.92 Å². The van der Waals surface area contributed by atoms with Gasteiger partial charge in [-0.1, -0.05) is 36.4 Å². The molecule has 2 aromatic carbocycles. The molecule has 132 valence electrons. The largest absolute Gasteiger partial charge is 0.508 e. The SMILES string of the molecule is Cc1ccccc1C1(CNC(=O)NCCCc2ccc(O)cc2)CC1. The summed E-state index contributed by atoms with van der Waals surface area (Å²) in [7, 11) is 0. The van der Waals surface area contributed by atoms with Crippen molar-refractivity contribution in [3.05, 3.63) is 65.2 Å². The van der Waals surface area contributed by atoms with E-state index in [1.165, 1.54) is 11.1 Å². The topological polar surface area (TPSA) is 61.4 Å². The summed E-state index contributed by atoms with van der Waals surface area (Å²) in [5.41, 5.74) is 3.96. The number of aryl methyl sites for hydroxylation is 2. The molecule has 25 heavy (non-hydrogen) atoms. The second-order valence-electron chi connectivity index (χ2n) is 6.97. The van der Waals surface area contributed by atoms with E-state index in [1.807, 2.05) is 12.1 Å². The normalized spacial score (nSPS) is 14.8. The van der Waals surface area contributed by atoms with Crippen molar-refractivity contribution >= 4 is 6.03 Å². The Labute approximate surface area is 149 Å². The van der Waals surface area contributed by atoms with Gasteiger partial charge in [-0.2, -0.15) is 0 Å². The molecular weight excluding hydrogens is 312 g/mol. The molecular formula is C21H26N2O2. The van der Waals surface area contributed by atoms with Crippen LogP contribution < -0.4 is 10.6 Å². The highest BCUT2D eigenvalue weighted by Gasteiger charge is 2.45. The number of phenolic OH excluding ortho intramolecular Hbond substituents is 1. The van der Waals surface area contributed by atoms with Crippen molar-refractivity contribution in [3.8, 4) is 5.75 Å². The molecule has 3 rings (SSSR count). The van der Waals surface area contributed by atoms with E-state index in [0.717, 1.165) is 31.2 Å². The number of hydrogen-bond donors (Lipinski definition) is 3. The average Bonchev–Trinajstić information content (AvgIpc) is 3.40. The van der Waals surface area contributed by atoms with E-state index in [-0.39, 0.29) is 17.2 Å². The van der Waals surface area contributed by atoms with Crippen LogP contribution in [-0.2, 0) is 11.8 Å². The van der Waals surface area contributed by atoms with Crippen LogP contribution >= 0.6 is 0 Å². The first-order valence-corrected chi connectivity index (χ1v) is 8.95. The van der Waals surface area contributed by atoms with Crippen LogP contribution in [0.2, 0.25) is 0 Å². The molecule has 4 nitrogen and oxygen atoms in total. The van der Waals surface area contributed by atoms with Crippen LogP contribution in [-0.4, -0.2) is 24.2 Å². The Kier molecular flexibility index (Phi) is 5.27. The third-order valence-corrected chi connectivity index (χ3v) is 5.02. The molecule has 4 heteroatoms. The van der Waals surface area contributed by atoms with Gasteiger partial charge in [0.05, 0.1) is 0 Å². The Morgan fingerprint density at radius 1 is 1.08 bits per heavy atom. The van der Waals surface area contributed by atoms with E-state index in [0.29, 0.717) is 13.1 Å². The average molecular weight is 338 g/mol. The minimum absolute atomic E-state index is 0.0921. The molecule has 0 aromatic heterocycles. The lowest BCUT2D eigenvalue weighted by Crippen LogP contribution is -2.40. The number of phenols is 1. The Morgan fingerprint density at radius 3 is 2.48 bits per heavy atom. The van der Waals surface area contributed by atoms with Gasteiger partial charge in [0.25, 0.3) is 0 Å². The van der Waals surface area contributed by atoms with E-state index in [2.05, 4.69) is 41.8 Å². The molecule has 1 fully saturated rings. The summed E-state index contributed by atoms with van der Waals surface area (Å²) >= 11 is 0. The summed E-state index contributed by atoms with van der Waals surface area (Å²) in [6.07, 6.45) is 4.03. The van der Waals surface area contributed by atoms with Gasteiger partial charge in [0.2, 0.25) is 0 Å². The third-order valence-electron chi connectivity index (χ3n) is 5.02. The van der Waals surface area contributed by atoms with E-state index < -0.39 is 0 Å². The van der Waals surface area contributed by atoms with Crippen molar-refractivity contribution in [1.82, 2.24) is 10.6 Å². The first kappa shape index (κ1) is 17.3. The first-order chi connectivity index (χ1) is 12.1. The quantitative estimate of drug-likeness (QED) is 0.675. The van der Waals surface area contributed by atoms with Gasteiger partial charge in [-0.15, -0.1) is 0 Å². The number of hydrogen-bond acceptors (Lipinski definition) is 2. The number of urea groups is 1. The summed E-state index contributed by atoms with van der Waals surface area (Å²) in [6.45, 7) is 3.48. The molecule has 0 atom stereocenters. The molecule has 2 aromatic rings. The lowest BCUT2D eigenvalue weighted by Gasteiger charge is -2.19. The van der Waals surface area contributed by atoms with Crippen molar-refractivity contribution in [2.75, 3.05) is 13.1 Å². The maximum Gasteiger partial charge on any atom is 0.314 e. The molecule has 0 radical (unpaired) electrons. The van der Waals surface area contributed by atoms with E-state index in [4.69, 9.17) is 0 Å². The second-order valence-corrected chi connectivity index (χ2v) is 6.97. The fourth-order valence-corrected chi connectivity index (χ4v) is 3.33. The fraction of sp³-hybridized carbons (Fsp3) is 0.381. The Bertz CT molecular complexity index is 721. The molecule has 1 aliphatic carbocycles. The van der Waals surface area contributed by atoms with Gasteiger partial charge in [0.15, 0.2) is 0 Å². The minimum atomic E-state index is -0.0921. The third kappa shape index (κ3) is 4.53. The van der Waals surface area contributed by atoms with Crippen molar-refractivity contribution in [3.63, 3.8) is 0 Å². The van der Waals surface area contributed by atoms with Gasteiger partial charge in [-0.05, 0) is 61.4 Å². The zero-order valence-electron chi connectivity index (χ0n) is 14.7. The molecule has 1 aliphatic rings. The summed E-state index contributed by atoms with van der Waals surface area (Å²) in [4.78, 5) is 12.0. The molecule has 0 aliphatic heterocycles. The predicted molar refractivity (Wildman–Crippen MR) is 99.9 cm³/mol. The summed E-state index contributed by atoms with van der Waals surface area (Å²) in [6, 6.07) is 15.6. The van der Waals surface area contributed by atoms with Crippen LogP contribution in [0.5, 0.6) is 5.75 Å². The van der Waals surface area contributed by atoms with Gasteiger partial charge in [0.1, 0.15) is 5.75 Å². The van der Waals surface area contributed by atoms with Gasteiger partial charge in [-0.3, -0.25) is 0 Å². The van der Waals surface area contributed by atoms with Crippen molar-refractivity contribution in [1.29, 1.82) is 0 Å². The summed E-state index contributed by atoms with van der Waals surface area (Å²) < 4.78 is 0. The summed E-state index contributed by atoms with van der Waals surface area (Å²) in [5.74, 6) is 0.281. The number of rotatable bonds is 7. The number of benzene rings is 2. The molecule has 0 heterocycles. The maximum atomic E-state index is 12.0. The van der Waals surface area contributed by atoms with E-state index >= 15 is 0 Å². The van der Waals surface area contributed by atoms with Gasteiger partial charge < -0.3 is 15.7 Å². The molecule has 1 saturated carbocycles. The zero-order valence-corrected chi connectivity index (χ0v) is 14.7. The molecule has 0 unspecified atom stereocenters. The highest BCUT2D eigenvalue weighted by Crippen LogP contribution is 2.48. The number of amides is 2. The number of aromatic hydroxyl groups is 1. The van der Waals surface area contributed by atoms with E-state index in [9.17, 15) is 9.90 Å². The lowest BCUT2D eigenvalue weighted by atomic mass is 9.92. The molecule has 0 bridgehead atoms. The minimum Gasteiger partial charge on any atom is -0.508 e. The zero-order chi connectivity index (χ0) is 17.7. The molecule has 3 N–H and O–H groups in total. The highest BCUT2D eigenvalue weighted by molar-refractivity contribution is 5.74. The van der Waals surface area contributed by atoms with Crippen LogP contribution in [0.25, 0.3) is 0 Å². The standard InChI is InChI=1S/C21H26N2O2/c1-16-5-2-3-7-19(16)21(12-13-21)15-23-20(25)22-14-4-6-17-8-10-18(24)11-9-17/h2-3,5,7-11,24H,4,6,12-15H2,1H3,(H2,22,23,25). The van der Waals surface area contributed by atoms with E-state index in [1.54, 1.807) is 12.1 Å². The fourth-order valence-electron chi connectivity index (χ4n) is 3.33. The molecule has 0 saturated heterocycles. The van der Waals surface area contributed by atoms with Crippen LogP contribution in [0.3, 0.4) is 0 Å². The Balaban J connectivity index is 1.38. The number of nitrogens with one attached hydrogen (secondary N) is 2. The maximum absolute atomic E-state index is 12.0. The smallest absolute Gasteiger partial charge is 0.314 e. The predicted octanol–water partition coefficient (Wildman–Crippen LogP) is 3.66. The van der Waals surface area contributed by atoms with Gasteiger partial charge in [-0.25, -0.2) is 4.79 Å². The van der Waals surface area contributed by atoms with Crippen molar-refractivity contribution < 1.29 is 9.90 Å². The van der Waals surface area contributed by atoms with Crippen molar-refractivity contribution in [2.24, 2.45) is 0 Å². The second kappa shape index (κ2) is 7.60. The lowest BCUT2D eigenvalue weighted by molar-refractivity contribution is 0.239. The van der Waals surface area contributed by atoms with Crippen LogP contribution in [0.4, 0.5) is 4.79 Å². The van der Waals surface area contributed by atoms with Crippen LogP contribution in [0.1, 0.15) is 36.0 Å². The number of carbonyl (C=O) groups excluding carboxylic acids is 1. The van der Waals surface area contributed by atoms with Gasteiger partial charge >= 0.3 is 6.03 Å². The van der Waals surface area contributed by atoms with Crippen LogP contribution in [0.15, 0.2) is 48.5 Å². The Morgan fingerprint density at radius 2 is 1.80 bits per heavy atom. The monoisotopic (exact) mass is 338 g/mol. The molecule has 2 amide bonds. The Hall–Kier alpha value is -2.49. The highest BCUT2D eigenvalue weighted by atomic mass is 16.3. The first-order valence-electron chi connectivity index (χ1n) is 8.95. The van der Waals surface area contributed by atoms with Gasteiger partial charge in [0, 0.05) is 18.5 Å². The number of carbonyl (C=O) groups is 1. The summed E-state index contributed by atoms with van der Waals surface area (Å²) in [5, 5.41) is 15.2. The molecule has 0 spiro atoms. The van der Waals surface area contributed by atoms with Crippen molar-refractivity contribution in [2.45, 2.75) is 38.0 Å².